The van der Waals surface area contributed by atoms with Crippen molar-refractivity contribution < 1.29 is 0 Å². The van der Waals surface area contributed by atoms with E-state index in [1.54, 1.807) is 6.20 Å². The van der Waals surface area contributed by atoms with Crippen molar-refractivity contribution in [3.63, 3.8) is 0 Å². The van der Waals surface area contributed by atoms with Crippen LogP contribution in [0.4, 0.5) is 11.5 Å². The molecule has 0 saturated carbocycles. The number of hydrazine groups is 1. The summed E-state index contributed by atoms with van der Waals surface area (Å²) in [6.07, 6.45) is 4.29. The molecule has 0 spiro atoms. The Labute approximate surface area is 103 Å². The fourth-order valence-corrected chi connectivity index (χ4v) is 2.38. The highest BCUT2D eigenvalue weighted by Crippen LogP contribution is 2.22. The summed E-state index contributed by atoms with van der Waals surface area (Å²) in [5.74, 6) is 6.09. The van der Waals surface area contributed by atoms with E-state index < -0.39 is 0 Å². The van der Waals surface area contributed by atoms with Gasteiger partial charge in [-0.15, -0.1) is 0 Å². The molecule has 1 atom stereocenters. The van der Waals surface area contributed by atoms with E-state index in [4.69, 9.17) is 5.84 Å². The highest BCUT2D eigenvalue weighted by atomic mass is 15.3. The van der Waals surface area contributed by atoms with E-state index in [-0.39, 0.29) is 0 Å². The van der Waals surface area contributed by atoms with E-state index in [1.165, 1.54) is 19.4 Å². The molecule has 94 valence electrons. The molecular weight excluding hydrogens is 214 g/mol. The second-order valence-electron chi connectivity index (χ2n) is 4.71. The highest BCUT2D eigenvalue weighted by molar-refractivity contribution is 5.53. The number of aromatic nitrogens is 1. The number of nitrogens with zero attached hydrogens (tertiary/aromatic N) is 3. The summed E-state index contributed by atoms with van der Waals surface area (Å²) in [4.78, 5) is 8.83. The van der Waals surface area contributed by atoms with Gasteiger partial charge in [0.2, 0.25) is 0 Å². The van der Waals surface area contributed by atoms with Gasteiger partial charge in [0.15, 0.2) is 0 Å². The van der Waals surface area contributed by atoms with Crippen LogP contribution in [0.25, 0.3) is 0 Å². The maximum Gasteiger partial charge on any atom is 0.141 e. The molecule has 0 aromatic carbocycles. The monoisotopic (exact) mass is 235 g/mol. The molecule has 1 fully saturated rings. The number of hydrogen-bond donors (Lipinski definition) is 2. The summed E-state index contributed by atoms with van der Waals surface area (Å²) in [5, 5.41) is 0. The Bertz CT molecular complexity index is 368. The van der Waals surface area contributed by atoms with Gasteiger partial charge in [-0.2, -0.15) is 0 Å². The molecule has 1 saturated heterocycles. The van der Waals surface area contributed by atoms with E-state index in [1.807, 2.05) is 12.1 Å². The zero-order valence-electron chi connectivity index (χ0n) is 10.6. The van der Waals surface area contributed by atoms with Gasteiger partial charge in [0.05, 0.1) is 0 Å². The van der Waals surface area contributed by atoms with Crippen molar-refractivity contribution in [1.29, 1.82) is 0 Å². The fraction of sp³-hybridized carbons (Fsp3) is 0.583. The Morgan fingerprint density at radius 3 is 3.12 bits per heavy atom. The van der Waals surface area contributed by atoms with Gasteiger partial charge < -0.3 is 15.2 Å². The number of anilines is 2. The quantitative estimate of drug-likeness (QED) is 0.602. The minimum atomic E-state index is 0.571. The second kappa shape index (κ2) is 5.33. The van der Waals surface area contributed by atoms with Gasteiger partial charge in [0.25, 0.3) is 0 Å². The average molecular weight is 235 g/mol. The van der Waals surface area contributed by atoms with Crippen LogP contribution in [0.3, 0.4) is 0 Å². The van der Waals surface area contributed by atoms with Gasteiger partial charge in [0, 0.05) is 37.6 Å². The van der Waals surface area contributed by atoms with Gasteiger partial charge in [-0.3, -0.25) is 0 Å². The molecule has 0 bridgehead atoms. The first-order valence-electron chi connectivity index (χ1n) is 6.05. The Morgan fingerprint density at radius 2 is 2.41 bits per heavy atom. The minimum Gasteiger partial charge on any atom is -0.370 e. The lowest BCUT2D eigenvalue weighted by Crippen LogP contribution is -2.45. The molecule has 5 nitrogen and oxygen atoms in total. The van der Waals surface area contributed by atoms with Crippen molar-refractivity contribution in [1.82, 2.24) is 9.88 Å². The van der Waals surface area contributed by atoms with Crippen molar-refractivity contribution in [2.75, 3.05) is 37.5 Å². The Balaban J connectivity index is 2.09. The lowest BCUT2D eigenvalue weighted by Gasteiger charge is -2.37. The van der Waals surface area contributed by atoms with Crippen LogP contribution in [0.5, 0.6) is 0 Å². The second-order valence-corrected chi connectivity index (χ2v) is 4.71. The molecule has 1 aliphatic rings. The Morgan fingerprint density at radius 1 is 1.59 bits per heavy atom. The lowest BCUT2D eigenvalue weighted by molar-refractivity contribution is 0.248. The van der Waals surface area contributed by atoms with Crippen molar-refractivity contribution in [3.8, 4) is 0 Å². The molecule has 1 aromatic rings. The van der Waals surface area contributed by atoms with Crippen molar-refractivity contribution in [3.05, 3.63) is 18.3 Å². The minimum absolute atomic E-state index is 0.571. The van der Waals surface area contributed by atoms with Gasteiger partial charge in [-0.1, -0.05) is 0 Å². The van der Waals surface area contributed by atoms with Crippen LogP contribution in [-0.4, -0.2) is 43.1 Å². The predicted octanol–water partition coefficient (Wildman–Crippen LogP) is 0.898. The molecule has 5 heteroatoms. The Kier molecular flexibility index (Phi) is 3.81. The molecule has 1 aromatic heterocycles. The molecular formula is C12H21N5. The molecule has 0 aliphatic carbocycles. The largest absolute Gasteiger partial charge is 0.370 e. The number of rotatable bonds is 3. The summed E-state index contributed by atoms with van der Waals surface area (Å²) in [6, 6.07) is 4.58. The van der Waals surface area contributed by atoms with Crippen LogP contribution in [0.2, 0.25) is 0 Å². The third-order valence-corrected chi connectivity index (χ3v) is 3.45. The number of likely N-dealkylation sites (tertiary alicyclic amines) is 1. The summed E-state index contributed by atoms with van der Waals surface area (Å²) < 4.78 is 0. The first kappa shape index (κ1) is 12.1. The van der Waals surface area contributed by atoms with Crippen LogP contribution >= 0.6 is 0 Å². The number of pyridine rings is 1. The normalized spacial score (nSPS) is 21.2. The van der Waals surface area contributed by atoms with Gasteiger partial charge >= 0.3 is 0 Å². The predicted molar refractivity (Wildman–Crippen MR) is 71.0 cm³/mol. The summed E-state index contributed by atoms with van der Waals surface area (Å²) in [7, 11) is 4.32. The molecule has 0 amide bonds. The van der Waals surface area contributed by atoms with E-state index in [0.717, 1.165) is 12.2 Å². The molecule has 2 heterocycles. The Hall–Kier alpha value is -1.33. The van der Waals surface area contributed by atoms with Crippen molar-refractivity contribution in [2.45, 2.75) is 18.9 Å². The first-order chi connectivity index (χ1) is 8.20. The fourth-order valence-electron chi connectivity index (χ4n) is 2.38. The number of nitrogens with two attached hydrogens (primary N) is 1. The number of piperidine rings is 1. The number of likely N-dealkylation sites (N-methyl/N-ethyl adjacent to an activating group) is 2. The third-order valence-electron chi connectivity index (χ3n) is 3.45. The van der Waals surface area contributed by atoms with E-state index in [0.29, 0.717) is 11.9 Å². The first-order valence-corrected chi connectivity index (χ1v) is 6.05. The summed E-state index contributed by atoms with van der Waals surface area (Å²) >= 11 is 0. The average Bonchev–Trinajstić information content (AvgIpc) is 2.38. The smallest absolute Gasteiger partial charge is 0.141 e. The number of nitrogens with one attached hydrogen (secondary N) is 1. The van der Waals surface area contributed by atoms with Crippen molar-refractivity contribution >= 4 is 11.5 Å². The molecule has 3 N–H and O–H groups in total. The maximum atomic E-state index is 5.38. The van der Waals surface area contributed by atoms with Crippen LogP contribution in [-0.2, 0) is 0 Å². The van der Waals surface area contributed by atoms with Crippen LogP contribution in [0.1, 0.15) is 12.8 Å². The third kappa shape index (κ3) is 2.87. The standard InChI is InChI=1S/C12H21N5/c1-16-7-3-4-11(9-16)17(2)10-5-6-14-12(8-10)15-13/h5-6,8,11H,3-4,7,9,13H2,1-2H3,(H,14,15). The van der Waals surface area contributed by atoms with E-state index in [2.05, 4.69) is 34.3 Å². The number of nitrogen functional groups attached to an aromatic ring is 1. The molecule has 17 heavy (non-hydrogen) atoms. The van der Waals surface area contributed by atoms with Crippen LogP contribution in [0, 0.1) is 0 Å². The van der Waals surface area contributed by atoms with Gasteiger partial charge in [-0.05, 0) is 32.5 Å². The lowest BCUT2D eigenvalue weighted by atomic mass is 10.0. The highest BCUT2D eigenvalue weighted by Gasteiger charge is 2.21. The maximum absolute atomic E-state index is 5.38. The topological polar surface area (TPSA) is 57.4 Å². The number of hydrogen-bond acceptors (Lipinski definition) is 5. The molecule has 0 radical (unpaired) electrons. The SMILES string of the molecule is CN1CCCC(N(C)c2ccnc(NN)c2)C1. The zero-order valence-corrected chi connectivity index (χ0v) is 10.6. The molecule has 1 aliphatic heterocycles. The van der Waals surface area contributed by atoms with E-state index in [9.17, 15) is 0 Å². The van der Waals surface area contributed by atoms with Crippen molar-refractivity contribution in [2.24, 2.45) is 5.84 Å². The summed E-state index contributed by atoms with van der Waals surface area (Å²) in [6.45, 7) is 2.32. The van der Waals surface area contributed by atoms with Crippen LogP contribution in [0.15, 0.2) is 18.3 Å². The molecule has 2 rings (SSSR count). The van der Waals surface area contributed by atoms with Crippen LogP contribution < -0.4 is 16.2 Å². The molecule has 1 unspecified atom stereocenters. The summed E-state index contributed by atoms with van der Waals surface area (Å²) in [5.41, 5.74) is 3.75. The zero-order chi connectivity index (χ0) is 12.3. The van der Waals surface area contributed by atoms with Gasteiger partial charge in [0.1, 0.15) is 5.82 Å². The van der Waals surface area contributed by atoms with E-state index >= 15 is 0 Å². The van der Waals surface area contributed by atoms with Gasteiger partial charge in [-0.25, -0.2) is 10.8 Å².